The number of rotatable bonds is 6. The lowest BCUT2D eigenvalue weighted by atomic mass is 10.1. The molecule has 1 heterocycles. The average molecular weight is 386 g/mol. The van der Waals surface area contributed by atoms with Crippen molar-refractivity contribution in [3.8, 4) is 17.0 Å². The minimum Gasteiger partial charge on any atom is -0.497 e. The molecule has 0 bridgehead atoms. The van der Waals surface area contributed by atoms with Gasteiger partial charge in [0.2, 0.25) is 0 Å². The lowest BCUT2D eigenvalue weighted by Crippen LogP contribution is -2.05. The number of oxime groups is 1. The highest BCUT2D eigenvalue weighted by atomic mass is 19.4. The van der Waals surface area contributed by atoms with Gasteiger partial charge in [-0.3, -0.25) is 4.98 Å². The molecule has 0 unspecified atom stereocenters. The first-order valence-corrected chi connectivity index (χ1v) is 8.37. The van der Waals surface area contributed by atoms with Gasteiger partial charge in [0, 0.05) is 11.8 Å². The van der Waals surface area contributed by atoms with Gasteiger partial charge < -0.3 is 9.57 Å². The predicted octanol–water partition coefficient (Wildman–Crippen LogP) is 5.33. The molecule has 2 aromatic carbocycles. The monoisotopic (exact) mass is 386 g/mol. The third kappa shape index (κ3) is 5.09. The summed E-state index contributed by atoms with van der Waals surface area (Å²) in [4.78, 5) is 9.28. The van der Waals surface area contributed by atoms with Crippen molar-refractivity contribution in [1.82, 2.24) is 4.98 Å². The normalized spacial score (nSPS) is 11.6. The van der Waals surface area contributed by atoms with Crippen LogP contribution in [0, 0.1) is 0 Å². The van der Waals surface area contributed by atoms with E-state index in [1.165, 1.54) is 6.21 Å². The fourth-order valence-corrected chi connectivity index (χ4v) is 2.48. The molecule has 0 aliphatic carbocycles. The van der Waals surface area contributed by atoms with Gasteiger partial charge in [0.1, 0.15) is 12.4 Å². The molecule has 4 nitrogen and oxygen atoms in total. The summed E-state index contributed by atoms with van der Waals surface area (Å²) in [5.41, 5.74) is 1.78. The molecule has 0 aliphatic rings. The summed E-state index contributed by atoms with van der Waals surface area (Å²) in [7, 11) is 1.59. The van der Waals surface area contributed by atoms with Gasteiger partial charge in [-0.1, -0.05) is 41.6 Å². The standard InChI is InChI=1S/C21H17F3N2O2/c1-27-19-4-2-3-16(11-19)14-28-26-13-15-5-7-17(8-6-15)20-12-18(9-10-25-20)21(22,23)24/h2-13H,14H2,1H3. The lowest BCUT2D eigenvalue weighted by Gasteiger charge is -2.08. The highest BCUT2D eigenvalue weighted by molar-refractivity contribution is 5.80. The first kappa shape index (κ1) is 19.4. The zero-order valence-electron chi connectivity index (χ0n) is 15.0. The molecule has 28 heavy (non-hydrogen) atoms. The number of ether oxygens (including phenoxy) is 1. The largest absolute Gasteiger partial charge is 0.497 e. The number of pyridine rings is 1. The summed E-state index contributed by atoms with van der Waals surface area (Å²) in [5, 5.41) is 3.91. The van der Waals surface area contributed by atoms with Gasteiger partial charge in [0.15, 0.2) is 0 Å². The Labute approximate surface area is 160 Å². The molecule has 0 amide bonds. The lowest BCUT2D eigenvalue weighted by molar-refractivity contribution is -0.137. The fraction of sp³-hybridized carbons (Fsp3) is 0.143. The van der Waals surface area contributed by atoms with Crippen LogP contribution in [0.4, 0.5) is 13.2 Å². The van der Waals surface area contributed by atoms with Crippen LogP contribution in [0.3, 0.4) is 0 Å². The van der Waals surface area contributed by atoms with Gasteiger partial charge >= 0.3 is 6.18 Å². The molecule has 0 atom stereocenters. The van der Waals surface area contributed by atoms with Crippen molar-refractivity contribution in [2.75, 3.05) is 7.11 Å². The van der Waals surface area contributed by atoms with Crippen molar-refractivity contribution in [3.63, 3.8) is 0 Å². The van der Waals surface area contributed by atoms with Crippen molar-refractivity contribution >= 4 is 6.21 Å². The van der Waals surface area contributed by atoms with Gasteiger partial charge in [0.05, 0.1) is 24.6 Å². The van der Waals surface area contributed by atoms with E-state index in [-0.39, 0.29) is 5.69 Å². The number of alkyl halides is 3. The quantitative estimate of drug-likeness (QED) is 0.425. The first-order valence-electron chi connectivity index (χ1n) is 8.37. The maximum absolute atomic E-state index is 12.8. The van der Waals surface area contributed by atoms with Crippen LogP contribution < -0.4 is 4.74 Å². The van der Waals surface area contributed by atoms with Crippen LogP contribution in [0.1, 0.15) is 16.7 Å². The molecule has 0 aliphatic heterocycles. The Balaban J connectivity index is 1.62. The highest BCUT2D eigenvalue weighted by Crippen LogP contribution is 2.31. The van der Waals surface area contributed by atoms with E-state index in [9.17, 15) is 13.2 Å². The predicted molar refractivity (Wildman–Crippen MR) is 100 cm³/mol. The van der Waals surface area contributed by atoms with Crippen molar-refractivity contribution in [2.45, 2.75) is 12.8 Å². The van der Waals surface area contributed by atoms with E-state index in [0.717, 1.165) is 35.2 Å². The molecule has 3 rings (SSSR count). The zero-order chi connectivity index (χ0) is 20.0. The minimum atomic E-state index is -4.40. The molecule has 3 aromatic rings. The second-order valence-electron chi connectivity index (χ2n) is 5.91. The average Bonchev–Trinajstić information content (AvgIpc) is 2.71. The SMILES string of the molecule is COc1cccc(CON=Cc2ccc(-c3cc(C(F)(F)F)ccn3)cc2)c1. The van der Waals surface area contributed by atoms with Crippen LogP contribution in [0.15, 0.2) is 72.0 Å². The summed E-state index contributed by atoms with van der Waals surface area (Å²) >= 11 is 0. The van der Waals surface area contributed by atoms with Crippen molar-refractivity contribution in [1.29, 1.82) is 0 Å². The summed E-state index contributed by atoms with van der Waals surface area (Å²) < 4.78 is 43.6. The van der Waals surface area contributed by atoms with E-state index in [2.05, 4.69) is 10.1 Å². The van der Waals surface area contributed by atoms with Crippen molar-refractivity contribution in [3.05, 3.63) is 83.6 Å². The van der Waals surface area contributed by atoms with Gasteiger partial charge in [-0.25, -0.2) is 0 Å². The summed E-state index contributed by atoms with van der Waals surface area (Å²) in [6.07, 6.45) is -1.71. The number of hydrogen-bond acceptors (Lipinski definition) is 4. The minimum absolute atomic E-state index is 0.257. The number of nitrogens with zero attached hydrogens (tertiary/aromatic N) is 2. The molecule has 7 heteroatoms. The Morgan fingerprint density at radius 3 is 2.54 bits per heavy atom. The van der Waals surface area contributed by atoms with E-state index in [1.54, 1.807) is 31.4 Å². The molecular weight excluding hydrogens is 369 g/mol. The smallest absolute Gasteiger partial charge is 0.416 e. The maximum Gasteiger partial charge on any atom is 0.416 e. The summed E-state index contributed by atoms with van der Waals surface area (Å²) in [6, 6.07) is 16.3. The van der Waals surface area contributed by atoms with Crippen LogP contribution >= 0.6 is 0 Å². The van der Waals surface area contributed by atoms with Crippen LogP contribution in [0.5, 0.6) is 5.75 Å². The van der Waals surface area contributed by atoms with Crippen LogP contribution in [0.2, 0.25) is 0 Å². The fourth-order valence-electron chi connectivity index (χ4n) is 2.48. The summed E-state index contributed by atoms with van der Waals surface area (Å²) in [5.74, 6) is 0.740. The van der Waals surface area contributed by atoms with E-state index >= 15 is 0 Å². The molecule has 0 radical (unpaired) electrons. The topological polar surface area (TPSA) is 43.7 Å². The highest BCUT2D eigenvalue weighted by Gasteiger charge is 2.30. The van der Waals surface area contributed by atoms with Crippen molar-refractivity contribution < 1.29 is 22.7 Å². The van der Waals surface area contributed by atoms with E-state index in [1.807, 2.05) is 24.3 Å². The third-order valence-electron chi connectivity index (χ3n) is 3.94. The Bertz CT molecular complexity index is 954. The molecule has 1 aromatic heterocycles. The molecule has 144 valence electrons. The second-order valence-corrected chi connectivity index (χ2v) is 5.91. The second kappa shape index (κ2) is 8.56. The first-order chi connectivity index (χ1) is 13.5. The molecule has 0 N–H and O–H groups in total. The van der Waals surface area contributed by atoms with E-state index < -0.39 is 11.7 Å². The Hall–Kier alpha value is -3.35. The molecule has 0 fully saturated rings. The molecule has 0 saturated carbocycles. The number of aromatic nitrogens is 1. The maximum atomic E-state index is 12.8. The van der Waals surface area contributed by atoms with Gasteiger partial charge in [0.25, 0.3) is 0 Å². The van der Waals surface area contributed by atoms with Gasteiger partial charge in [-0.05, 0) is 35.4 Å². The molecule has 0 spiro atoms. The third-order valence-corrected chi connectivity index (χ3v) is 3.94. The van der Waals surface area contributed by atoms with Crippen LogP contribution in [-0.2, 0) is 17.6 Å². The Kier molecular flexibility index (Phi) is 5.93. The van der Waals surface area contributed by atoms with Gasteiger partial charge in [-0.2, -0.15) is 13.2 Å². The molecular formula is C21H17F3N2O2. The number of hydrogen-bond donors (Lipinski definition) is 0. The molecule has 0 saturated heterocycles. The number of methoxy groups -OCH3 is 1. The van der Waals surface area contributed by atoms with E-state index in [0.29, 0.717) is 12.2 Å². The Morgan fingerprint density at radius 2 is 1.82 bits per heavy atom. The van der Waals surface area contributed by atoms with Crippen molar-refractivity contribution in [2.24, 2.45) is 5.16 Å². The van der Waals surface area contributed by atoms with Gasteiger partial charge in [-0.15, -0.1) is 0 Å². The summed E-state index contributed by atoms with van der Waals surface area (Å²) in [6.45, 7) is 0.292. The van der Waals surface area contributed by atoms with Crippen LogP contribution in [0.25, 0.3) is 11.3 Å². The number of halogens is 3. The zero-order valence-corrected chi connectivity index (χ0v) is 15.0. The Morgan fingerprint density at radius 1 is 1.04 bits per heavy atom. The number of benzene rings is 2. The van der Waals surface area contributed by atoms with Crippen LogP contribution in [-0.4, -0.2) is 18.3 Å². The van der Waals surface area contributed by atoms with E-state index in [4.69, 9.17) is 9.57 Å².